The smallest absolute Gasteiger partial charge is 0.223 e. The molecular formula is C19H30N6. The Labute approximate surface area is 150 Å². The van der Waals surface area contributed by atoms with Gasteiger partial charge in [0.05, 0.1) is 0 Å². The average Bonchev–Trinajstić information content (AvgIpc) is 2.56. The summed E-state index contributed by atoms with van der Waals surface area (Å²) in [6.07, 6.45) is 6.17. The Balaban J connectivity index is 1.90. The standard InChI is InChI=1S/C19H30N6/c1-11(2)16-9-13-10-21-19(23-15-7-5-14(20)6-8-15)25-17(13)18(24-16)22-12(3)4/h9-12,14-15H,5-8,20H2,1-4H3,(H,22,24)(H,21,23,25)/t14-,15-. The van der Waals surface area contributed by atoms with Gasteiger partial charge in [0.2, 0.25) is 5.95 Å². The van der Waals surface area contributed by atoms with Gasteiger partial charge in [-0.1, -0.05) is 13.8 Å². The highest BCUT2D eigenvalue weighted by molar-refractivity contribution is 5.89. The van der Waals surface area contributed by atoms with Crippen LogP contribution in [0.15, 0.2) is 12.3 Å². The lowest BCUT2D eigenvalue weighted by molar-refractivity contribution is 0.410. The van der Waals surface area contributed by atoms with Gasteiger partial charge in [-0.05, 0) is 51.5 Å². The molecular weight excluding hydrogens is 312 g/mol. The summed E-state index contributed by atoms with van der Waals surface area (Å²) < 4.78 is 0. The molecule has 3 rings (SSSR count). The number of nitrogens with one attached hydrogen (secondary N) is 2. The molecule has 1 aliphatic rings. The number of nitrogens with two attached hydrogens (primary N) is 1. The second-order valence-electron chi connectivity index (χ2n) is 7.74. The highest BCUT2D eigenvalue weighted by Crippen LogP contribution is 2.26. The van der Waals surface area contributed by atoms with E-state index in [1.807, 2.05) is 6.20 Å². The molecule has 1 saturated carbocycles. The fourth-order valence-corrected chi connectivity index (χ4v) is 3.25. The fraction of sp³-hybridized carbons (Fsp3) is 0.632. The highest BCUT2D eigenvalue weighted by Gasteiger charge is 2.19. The summed E-state index contributed by atoms with van der Waals surface area (Å²) in [6.45, 7) is 8.53. The molecule has 0 bridgehead atoms. The third kappa shape index (κ3) is 4.37. The van der Waals surface area contributed by atoms with Crippen molar-refractivity contribution in [3.8, 4) is 0 Å². The summed E-state index contributed by atoms with van der Waals surface area (Å²) >= 11 is 0. The first-order valence-electron chi connectivity index (χ1n) is 9.38. The molecule has 0 aromatic carbocycles. The van der Waals surface area contributed by atoms with E-state index in [2.05, 4.69) is 49.4 Å². The predicted octanol–water partition coefficient (Wildman–Crippen LogP) is 3.65. The first kappa shape index (κ1) is 17.9. The zero-order chi connectivity index (χ0) is 18.0. The maximum Gasteiger partial charge on any atom is 0.223 e. The number of hydrogen-bond acceptors (Lipinski definition) is 6. The molecule has 0 saturated heterocycles. The Bertz CT molecular complexity index is 719. The van der Waals surface area contributed by atoms with E-state index in [1.165, 1.54) is 0 Å². The molecule has 0 amide bonds. The molecule has 4 N–H and O–H groups in total. The van der Waals surface area contributed by atoms with Crippen molar-refractivity contribution in [3.63, 3.8) is 0 Å². The van der Waals surface area contributed by atoms with E-state index in [1.54, 1.807) is 0 Å². The molecule has 2 aromatic heterocycles. The van der Waals surface area contributed by atoms with Crippen LogP contribution in [0, 0.1) is 0 Å². The number of hydrogen-bond donors (Lipinski definition) is 3. The molecule has 6 nitrogen and oxygen atoms in total. The van der Waals surface area contributed by atoms with Gasteiger partial charge in [-0.25, -0.2) is 15.0 Å². The first-order chi connectivity index (χ1) is 11.9. The lowest BCUT2D eigenvalue weighted by Crippen LogP contribution is -2.33. The zero-order valence-corrected chi connectivity index (χ0v) is 15.7. The van der Waals surface area contributed by atoms with Crippen LogP contribution >= 0.6 is 0 Å². The van der Waals surface area contributed by atoms with Crippen molar-refractivity contribution in [1.82, 2.24) is 15.0 Å². The van der Waals surface area contributed by atoms with Gasteiger partial charge in [0, 0.05) is 35.4 Å². The van der Waals surface area contributed by atoms with Crippen molar-refractivity contribution < 1.29 is 0 Å². The summed E-state index contributed by atoms with van der Waals surface area (Å²) in [7, 11) is 0. The van der Waals surface area contributed by atoms with Gasteiger partial charge in [-0.2, -0.15) is 0 Å². The first-order valence-corrected chi connectivity index (χ1v) is 9.38. The molecule has 2 aromatic rings. The van der Waals surface area contributed by atoms with E-state index in [0.717, 1.165) is 48.1 Å². The maximum absolute atomic E-state index is 5.99. The summed E-state index contributed by atoms with van der Waals surface area (Å²) in [5.74, 6) is 1.88. The quantitative estimate of drug-likeness (QED) is 0.768. The topological polar surface area (TPSA) is 88.8 Å². The SMILES string of the molecule is CC(C)Nc1nc(C(C)C)cc2cnc(N[C@H]3CC[C@H](N)CC3)nc12. The van der Waals surface area contributed by atoms with Crippen LogP contribution in [0.3, 0.4) is 0 Å². The summed E-state index contributed by atoms with van der Waals surface area (Å²) in [6, 6.07) is 3.14. The molecule has 1 aliphatic carbocycles. The minimum absolute atomic E-state index is 0.296. The molecule has 0 atom stereocenters. The highest BCUT2D eigenvalue weighted by atomic mass is 15.1. The van der Waals surface area contributed by atoms with E-state index in [4.69, 9.17) is 15.7 Å². The molecule has 0 unspecified atom stereocenters. The number of nitrogens with zero attached hydrogens (tertiary/aromatic N) is 3. The minimum Gasteiger partial charge on any atom is -0.366 e. The number of fused-ring (bicyclic) bond motifs is 1. The molecule has 0 radical (unpaired) electrons. The van der Waals surface area contributed by atoms with Crippen LogP contribution in [-0.4, -0.2) is 33.1 Å². The van der Waals surface area contributed by atoms with Gasteiger partial charge >= 0.3 is 0 Å². The van der Waals surface area contributed by atoms with Crippen LogP contribution in [0.5, 0.6) is 0 Å². The van der Waals surface area contributed by atoms with Crippen molar-refractivity contribution >= 4 is 22.7 Å². The Morgan fingerprint density at radius 2 is 1.80 bits per heavy atom. The maximum atomic E-state index is 5.99. The largest absolute Gasteiger partial charge is 0.366 e. The predicted molar refractivity (Wildman–Crippen MR) is 104 cm³/mol. The normalized spacial score (nSPS) is 21.1. The van der Waals surface area contributed by atoms with Crippen LogP contribution < -0.4 is 16.4 Å². The van der Waals surface area contributed by atoms with Crippen LogP contribution in [0.25, 0.3) is 10.9 Å². The third-order valence-corrected chi connectivity index (χ3v) is 4.71. The number of rotatable bonds is 5. The second-order valence-corrected chi connectivity index (χ2v) is 7.74. The van der Waals surface area contributed by atoms with Gasteiger partial charge in [-0.15, -0.1) is 0 Å². The summed E-state index contributed by atoms with van der Waals surface area (Å²) in [5.41, 5.74) is 7.93. The molecule has 2 heterocycles. The molecule has 136 valence electrons. The molecule has 25 heavy (non-hydrogen) atoms. The molecule has 0 aliphatic heterocycles. The molecule has 6 heteroatoms. The van der Waals surface area contributed by atoms with Gasteiger partial charge < -0.3 is 16.4 Å². The van der Waals surface area contributed by atoms with Gasteiger partial charge in [0.25, 0.3) is 0 Å². The minimum atomic E-state index is 0.296. The van der Waals surface area contributed by atoms with Crippen LogP contribution in [0.4, 0.5) is 11.8 Å². The number of pyridine rings is 1. The Hall–Kier alpha value is -1.95. The van der Waals surface area contributed by atoms with Crippen molar-refractivity contribution in [1.29, 1.82) is 0 Å². The van der Waals surface area contributed by atoms with Crippen LogP contribution in [0.1, 0.15) is 65.0 Å². The van der Waals surface area contributed by atoms with Crippen molar-refractivity contribution in [2.75, 3.05) is 10.6 Å². The summed E-state index contributed by atoms with van der Waals surface area (Å²) in [5, 5.41) is 7.94. The lowest BCUT2D eigenvalue weighted by atomic mass is 9.92. The van der Waals surface area contributed by atoms with E-state index >= 15 is 0 Å². The summed E-state index contributed by atoms with van der Waals surface area (Å²) in [4.78, 5) is 14.1. The van der Waals surface area contributed by atoms with Gasteiger partial charge in [0.15, 0.2) is 5.82 Å². The fourth-order valence-electron chi connectivity index (χ4n) is 3.25. The van der Waals surface area contributed by atoms with E-state index in [9.17, 15) is 0 Å². The Kier molecular flexibility index (Phi) is 5.37. The van der Waals surface area contributed by atoms with E-state index in [-0.39, 0.29) is 0 Å². The molecule has 0 spiro atoms. The van der Waals surface area contributed by atoms with Gasteiger partial charge in [0.1, 0.15) is 5.52 Å². The Morgan fingerprint density at radius 1 is 1.08 bits per heavy atom. The Morgan fingerprint density at radius 3 is 2.44 bits per heavy atom. The molecule has 1 fully saturated rings. The van der Waals surface area contributed by atoms with Crippen molar-refractivity contribution in [2.24, 2.45) is 5.73 Å². The van der Waals surface area contributed by atoms with Crippen LogP contribution in [0.2, 0.25) is 0 Å². The van der Waals surface area contributed by atoms with Crippen molar-refractivity contribution in [3.05, 3.63) is 18.0 Å². The van der Waals surface area contributed by atoms with Gasteiger partial charge in [-0.3, -0.25) is 0 Å². The number of anilines is 2. The second kappa shape index (κ2) is 7.52. The third-order valence-electron chi connectivity index (χ3n) is 4.71. The number of aromatic nitrogens is 3. The zero-order valence-electron chi connectivity index (χ0n) is 15.7. The monoisotopic (exact) mass is 342 g/mol. The average molecular weight is 342 g/mol. The van der Waals surface area contributed by atoms with Crippen molar-refractivity contribution in [2.45, 2.75) is 77.4 Å². The van der Waals surface area contributed by atoms with Crippen LogP contribution in [-0.2, 0) is 0 Å². The van der Waals surface area contributed by atoms with E-state index < -0.39 is 0 Å². The lowest BCUT2D eigenvalue weighted by Gasteiger charge is -2.26. The van der Waals surface area contributed by atoms with E-state index in [0.29, 0.717) is 30.0 Å².